The summed E-state index contributed by atoms with van der Waals surface area (Å²) in [5, 5.41) is 3.45. The molecule has 0 atom stereocenters. The Morgan fingerprint density at radius 1 is 1.29 bits per heavy atom. The fourth-order valence-electron chi connectivity index (χ4n) is 1.55. The average molecular weight is 218 g/mol. The zero-order valence-corrected chi connectivity index (χ0v) is 9.94. The molecule has 14 heavy (non-hydrogen) atoms. The third-order valence-corrected chi connectivity index (χ3v) is 3.03. The first-order valence-electron chi connectivity index (χ1n) is 5.43. The van der Waals surface area contributed by atoms with Crippen LogP contribution in [0.1, 0.15) is 6.42 Å². The van der Waals surface area contributed by atoms with E-state index < -0.39 is 0 Å². The van der Waals surface area contributed by atoms with Gasteiger partial charge in [-0.2, -0.15) is 11.8 Å². The smallest absolute Gasteiger partial charge is 0.0594 e. The highest BCUT2D eigenvalue weighted by Crippen LogP contribution is 1.97. The Labute approximate surface area is 91.6 Å². The molecule has 0 aliphatic carbocycles. The molecule has 1 rings (SSSR count). The van der Waals surface area contributed by atoms with Crippen LogP contribution in [-0.2, 0) is 4.74 Å². The number of morpholine rings is 1. The van der Waals surface area contributed by atoms with Gasteiger partial charge in [0.15, 0.2) is 0 Å². The van der Waals surface area contributed by atoms with Gasteiger partial charge in [-0.05, 0) is 25.8 Å². The molecule has 0 spiro atoms. The molecule has 0 aromatic heterocycles. The molecule has 0 bridgehead atoms. The van der Waals surface area contributed by atoms with Gasteiger partial charge in [0.25, 0.3) is 0 Å². The average Bonchev–Trinajstić information content (AvgIpc) is 2.25. The lowest BCUT2D eigenvalue weighted by Crippen LogP contribution is -2.37. The molecule has 0 aromatic carbocycles. The molecule has 0 aromatic rings. The van der Waals surface area contributed by atoms with Crippen molar-refractivity contribution < 1.29 is 4.74 Å². The summed E-state index contributed by atoms with van der Waals surface area (Å²) in [6, 6.07) is 0. The lowest BCUT2D eigenvalue weighted by molar-refractivity contribution is 0.0375. The molecule has 1 heterocycles. The van der Waals surface area contributed by atoms with E-state index in [-0.39, 0.29) is 0 Å². The van der Waals surface area contributed by atoms with E-state index in [1.807, 2.05) is 11.8 Å². The number of nitrogens with zero attached hydrogens (tertiary/aromatic N) is 1. The predicted octanol–water partition coefficient (Wildman–Crippen LogP) is 0.661. The molecular formula is C10H22N2OS. The molecule has 84 valence electrons. The van der Waals surface area contributed by atoms with Gasteiger partial charge in [0.1, 0.15) is 0 Å². The molecule has 0 amide bonds. The highest BCUT2D eigenvalue weighted by atomic mass is 32.2. The van der Waals surface area contributed by atoms with Gasteiger partial charge >= 0.3 is 0 Å². The second kappa shape index (κ2) is 8.53. The molecule has 1 fully saturated rings. The Balaban J connectivity index is 1.82. The van der Waals surface area contributed by atoms with Crippen molar-refractivity contribution in [1.82, 2.24) is 10.2 Å². The van der Waals surface area contributed by atoms with Crippen molar-refractivity contribution in [2.75, 3.05) is 57.9 Å². The molecule has 1 aliphatic rings. The van der Waals surface area contributed by atoms with E-state index >= 15 is 0 Å². The topological polar surface area (TPSA) is 24.5 Å². The normalized spacial score (nSPS) is 18.6. The Kier molecular flexibility index (Phi) is 7.50. The summed E-state index contributed by atoms with van der Waals surface area (Å²) in [7, 11) is 0. The summed E-state index contributed by atoms with van der Waals surface area (Å²) in [5.74, 6) is 1.22. The van der Waals surface area contributed by atoms with Gasteiger partial charge in [-0.15, -0.1) is 0 Å². The first-order chi connectivity index (χ1) is 6.93. The Hall–Kier alpha value is 0.230. The number of ether oxygens (including phenoxy) is 1. The maximum absolute atomic E-state index is 5.30. The molecule has 0 radical (unpaired) electrons. The molecule has 1 N–H and O–H groups in total. The quantitative estimate of drug-likeness (QED) is 0.635. The molecule has 1 saturated heterocycles. The van der Waals surface area contributed by atoms with Crippen LogP contribution in [0.2, 0.25) is 0 Å². The van der Waals surface area contributed by atoms with Crippen LogP contribution in [0, 0.1) is 0 Å². The third-order valence-electron chi connectivity index (χ3n) is 2.41. The van der Waals surface area contributed by atoms with Crippen LogP contribution in [0.15, 0.2) is 0 Å². The van der Waals surface area contributed by atoms with Crippen molar-refractivity contribution in [3.8, 4) is 0 Å². The molecule has 3 nitrogen and oxygen atoms in total. The zero-order chi connectivity index (χ0) is 10.1. The van der Waals surface area contributed by atoms with Crippen molar-refractivity contribution in [2.24, 2.45) is 0 Å². The highest BCUT2D eigenvalue weighted by molar-refractivity contribution is 7.98. The van der Waals surface area contributed by atoms with Crippen molar-refractivity contribution in [1.29, 1.82) is 0 Å². The minimum atomic E-state index is 0.917. The lowest BCUT2D eigenvalue weighted by Gasteiger charge is -2.26. The van der Waals surface area contributed by atoms with E-state index in [0.29, 0.717) is 0 Å². The van der Waals surface area contributed by atoms with Crippen molar-refractivity contribution >= 4 is 11.8 Å². The minimum absolute atomic E-state index is 0.917. The van der Waals surface area contributed by atoms with Gasteiger partial charge in [0, 0.05) is 25.4 Å². The molecule has 1 aliphatic heterocycles. The van der Waals surface area contributed by atoms with Crippen LogP contribution in [0.4, 0.5) is 0 Å². The van der Waals surface area contributed by atoms with Gasteiger partial charge in [-0.1, -0.05) is 0 Å². The second-order valence-electron chi connectivity index (χ2n) is 3.55. The Bertz CT molecular complexity index is 129. The summed E-state index contributed by atoms with van der Waals surface area (Å²) in [6.07, 6.45) is 3.41. The Morgan fingerprint density at radius 2 is 2.07 bits per heavy atom. The standard InChI is InChI=1S/C10H22N2OS/c1-14-10-4-11-3-2-5-12-6-8-13-9-7-12/h11H,2-10H2,1H3. The van der Waals surface area contributed by atoms with E-state index in [2.05, 4.69) is 16.5 Å². The zero-order valence-electron chi connectivity index (χ0n) is 9.13. The maximum atomic E-state index is 5.30. The van der Waals surface area contributed by atoms with Crippen LogP contribution in [0.5, 0.6) is 0 Å². The van der Waals surface area contributed by atoms with Gasteiger partial charge in [-0.25, -0.2) is 0 Å². The number of nitrogens with one attached hydrogen (secondary N) is 1. The van der Waals surface area contributed by atoms with Gasteiger partial charge in [-0.3, -0.25) is 4.90 Å². The number of hydrogen-bond donors (Lipinski definition) is 1. The minimum Gasteiger partial charge on any atom is -0.379 e. The number of thioether (sulfide) groups is 1. The lowest BCUT2D eigenvalue weighted by atomic mass is 10.3. The van der Waals surface area contributed by atoms with Gasteiger partial charge < -0.3 is 10.1 Å². The monoisotopic (exact) mass is 218 g/mol. The van der Waals surface area contributed by atoms with Crippen molar-refractivity contribution in [3.63, 3.8) is 0 Å². The predicted molar refractivity (Wildman–Crippen MR) is 63.1 cm³/mol. The molecule has 0 unspecified atom stereocenters. The van der Waals surface area contributed by atoms with Crippen LogP contribution < -0.4 is 5.32 Å². The van der Waals surface area contributed by atoms with Crippen LogP contribution >= 0.6 is 11.8 Å². The first-order valence-corrected chi connectivity index (χ1v) is 6.82. The molecular weight excluding hydrogens is 196 g/mol. The van der Waals surface area contributed by atoms with Gasteiger partial charge in [0.2, 0.25) is 0 Å². The van der Waals surface area contributed by atoms with Crippen LogP contribution in [0.25, 0.3) is 0 Å². The highest BCUT2D eigenvalue weighted by Gasteiger charge is 2.08. The number of rotatable bonds is 7. The second-order valence-corrected chi connectivity index (χ2v) is 4.54. The summed E-state index contributed by atoms with van der Waals surface area (Å²) in [4.78, 5) is 2.49. The van der Waals surface area contributed by atoms with E-state index in [0.717, 1.165) is 39.4 Å². The maximum Gasteiger partial charge on any atom is 0.0594 e. The summed E-state index contributed by atoms with van der Waals surface area (Å²) in [6.45, 7) is 7.58. The largest absolute Gasteiger partial charge is 0.379 e. The van der Waals surface area contributed by atoms with E-state index in [1.54, 1.807) is 0 Å². The van der Waals surface area contributed by atoms with Crippen molar-refractivity contribution in [2.45, 2.75) is 6.42 Å². The van der Waals surface area contributed by atoms with Crippen LogP contribution in [-0.4, -0.2) is 62.8 Å². The summed E-state index contributed by atoms with van der Waals surface area (Å²) < 4.78 is 5.30. The molecule has 4 heteroatoms. The van der Waals surface area contributed by atoms with Gasteiger partial charge in [0.05, 0.1) is 13.2 Å². The fourth-order valence-corrected chi connectivity index (χ4v) is 1.90. The van der Waals surface area contributed by atoms with Crippen LogP contribution in [0.3, 0.4) is 0 Å². The third kappa shape index (κ3) is 5.86. The van der Waals surface area contributed by atoms with E-state index in [1.165, 1.54) is 18.7 Å². The molecule has 0 saturated carbocycles. The Morgan fingerprint density at radius 3 is 2.79 bits per heavy atom. The SMILES string of the molecule is CSCCNCCCN1CCOCC1. The van der Waals surface area contributed by atoms with Crippen molar-refractivity contribution in [3.05, 3.63) is 0 Å². The summed E-state index contributed by atoms with van der Waals surface area (Å²) in [5.41, 5.74) is 0. The van der Waals surface area contributed by atoms with E-state index in [4.69, 9.17) is 4.74 Å². The number of hydrogen-bond acceptors (Lipinski definition) is 4. The summed E-state index contributed by atoms with van der Waals surface area (Å²) >= 11 is 1.90. The first kappa shape index (κ1) is 12.3. The van der Waals surface area contributed by atoms with E-state index in [9.17, 15) is 0 Å². The fraction of sp³-hybridized carbons (Fsp3) is 1.00.